The molecule has 1 aromatic carbocycles. The van der Waals surface area contributed by atoms with E-state index in [1.165, 1.54) is 0 Å². The average molecular weight is 441 g/mol. The lowest BCUT2D eigenvalue weighted by molar-refractivity contribution is -0.136. The lowest BCUT2D eigenvalue weighted by atomic mass is 9.73. The van der Waals surface area contributed by atoms with Crippen molar-refractivity contribution in [3.8, 4) is 0 Å². The second-order valence-electron chi connectivity index (χ2n) is 6.47. The highest BCUT2D eigenvalue weighted by Gasteiger charge is 2.55. The van der Waals surface area contributed by atoms with Crippen molar-refractivity contribution in [2.24, 2.45) is 5.92 Å². The van der Waals surface area contributed by atoms with Gasteiger partial charge in [-0.3, -0.25) is 14.5 Å². The number of nitrogens with zero attached hydrogens (tertiary/aromatic N) is 1. The van der Waals surface area contributed by atoms with Crippen molar-refractivity contribution in [1.82, 2.24) is 10.2 Å². The molecule has 2 atom stereocenters. The maximum Gasteiger partial charge on any atom is 0.325 e. The zero-order valence-electron chi connectivity index (χ0n) is 13.5. The number of urea groups is 1. The molecule has 2 unspecified atom stereocenters. The average Bonchev–Trinajstić information content (AvgIpc) is 2.78. The Morgan fingerprint density at radius 2 is 2.12 bits per heavy atom. The second kappa shape index (κ2) is 6.70. The first-order chi connectivity index (χ1) is 11.4. The van der Waals surface area contributed by atoms with Crippen LogP contribution in [0.25, 0.3) is 0 Å². The van der Waals surface area contributed by atoms with Crippen LogP contribution in [0.3, 0.4) is 0 Å². The molecule has 128 valence electrons. The van der Waals surface area contributed by atoms with Gasteiger partial charge in [0.2, 0.25) is 5.91 Å². The Hall–Kier alpha value is -1.64. The molecule has 6 nitrogen and oxygen atoms in total. The summed E-state index contributed by atoms with van der Waals surface area (Å²) in [6, 6.07) is 6.90. The van der Waals surface area contributed by atoms with E-state index < -0.39 is 11.6 Å². The Kier molecular flexibility index (Phi) is 4.80. The van der Waals surface area contributed by atoms with Gasteiger partial charge in [-0.1, -0.05) is 31.9 Å². The third-order valence-electron chi connectivity index (χ3n) is 4.95. The molecule has 1 heterocycles. The SMILES string of the molecule is CC1CCCCC12NC(=O)N(CC(=O)Nc1ccccc1I)C2=O. The number of carbonyl (C=O) groups excluding carboxylic acids is 3. The van der Waals surface area contributed by atoms with Crippen LogP contribution in [0.4, 0.5) is 10.5 Å². The van der Waals surface area contributed by atoms with Gasteiger partial charge in [0.1, 0.15) is 12.1 Å². The smallest absolute Gasteiger partial charge is 0.324 e. The molecular weight excluding hydrogens is 421 g/mol. The minimum absolute atomic E-state index is 0.0887. The quantitative estimate of drug-likeness (QED) is 0.560. The van der Waals surface area contributed by atoms with E-state index in [1.807, 2.05) is 25.1 Å². The number of imide groups is 1. The lowest BCUT2D eigenvalue weighted by Crippen LogP contribution is -2.54. The van der Waals surface area contributed by atoms with Crippen molar-refractivity contribution in [1.29, 1.82) is 0 Å². The van der Waals surface area contributed by atoms with Gasteiger partial charge in [-0.2, -0.15) is 0 Å². The summed E-state index contributed by atoms with van der Waals surface area (Å²) in [7, 11) is 0. The first-order valence-corrected chi connectivity index (χ1v) is 9.20. The number of nitrogens with one attached hydrogen (secondary N) is 2. The minimum Gasteiger partial charge on any atom is -0.324 e. The maximum atomic E-state index is 12.8. The second-order valence-corrected chi connectivity index (χ2v) is 7.63. The van der Waals surface area contributed by atoms with E-state index in [9.17, 15) is 14.4 Å². The highest BCUT2D eigenvalue weighted by molar-refractivity contribution is 14.1. The van der Waals surface area contributed by atoms with Gasteiger partial charge in [0.05, 0.1) is 5.69 Å². The molecular formula is C17H20IN3O3. The molecule has 2 fully saturated rings. The van der Waals surface area contributed by atoms with E-state index in [0.717, 1.165) is 27.7 Å². The third kappa shape index (κ3) is 3.01. The minimum atomic E-state index is -0.823. The summed E-state index contributed by atoms with van der Waals surface area (Å²) in [5.41, 5.74) is -0.146. The summed E-state index contributed by atoms with van der Waals surface area (Å²) in [5, 5.41) is 5.62. The van der Waals surface area contributed by atoms with Crippen molar-refractivity contribution in [3.63, 3.8) is 0 Å². The van der Waals surface area contributed by atoms with Crippen LogP contribution in [-0.2, 0) is 9.59 Å². The highest BCUT2D eigenvalue weighted by Crippen LogP contribution is 2.38. The van der Waals surface area contributed by atoms with Crippen molar-refractivity contribution in [2.75, 3.05) is 11.9 Å². The molecule has 1 aliphatic carbocycles. The number of amides is 4. The molecule has 4 amide bonds. The summed E-state index contributed by atoms with van der Waals surface area (Å²) in [5.74, 6) is -0.549. The largest absolute Gasteiger partial charge is 0.325 e. The number of hydrogen-bond acceptors (Lipinski definition) is 3. The summed E-state index contributed by atoms with van der Waals surface area (Å²) in [4.78, 5) is 38.4. The van der Waals surface area contributed by atoms with Gasteiger partial charge >= 0.3 is 6.03 Å². The number of anilines is 1. The van der Waals surface area contributed by atoms with Gasteiger partial charge in [0.15, 0.2) is 0 Å². The van der Waals surface area contributed by atoms with Crippen molar-refractivity contribution in [3.05, 3.63) is 27.8 Å². The molecule has 2 N–H and O–H groups in total. The molecule has 2 aliphatic rings. The molecule has 3 rings (SSSR count). The Labute approximate surface area is 154 Å². The Morgan fingerprint density at radius 3 is 2.83 bits per heavy atom. The van der Waals surface area contributed by atoms with Gasteiger partial charge in [-0.15, -0.1) is 0 Å². The number of hydrogen-bond donors (Lipinski definition) is 2. The molecule has 1 aromatic rings. The molecule has 24 heavy (non-hydrogen) atoms. The number of benzene rings is 1. The Morgan fingerprint density at radius 1 is 1.38 bits per heavy atom. The summed E-state index contributed by atoms with van der Waals surface area (Å²) < 4.78 is 0.901. The fourth-order valence-electron chi connectivity index (χ4n) is 3.53. The van der Waals surface area contributed by atoms with E-state index in [-0.39, 0.29) is 24.3 Å². The van der Waals surface area contributed by atoms with Crippen molar-refractivity contribution < 1.29 is 14.4 Å². The molecule has 0 bridgehead atoms. The van der Waals surface area contributed by atoms with Crippen LogP contribution < -0.4 is 10.6 Å². The zero-order valence-corrected chi connectivity index (χ0v) is 15.6. The lowest BCUT2D eigenvalue weighted by Gasteiger charge is -2.36. The normalized spacial score (nSPS) is 26.6. The highest BCUT2D eigenvalue weighted by atomic mass is 127. The molecule has 0 aromatic heterocycles. The molecule has 1 aliphatic heterocycles. The molecule has 1 spiro atoms. The zero-order chi connectivity index (χ0) is 17.3. The van der Waals surface area contributed by atoms with E-state index in [0.29, 0.717) is 12.1 Å². The van der Waals surface area contributed by atoms with Gasteiger partial charge in [-0.05, 0) is 53.5 Å². The fraction of sp³-hybridized carbons (Fsp3) is 0.471. The van der Waals surface area contributed by atoms with Crippen LogP contribution in [-0.4, -0.2) is 34.8 Å². The molecule has 7 heteroatoms. The van der Waals surface area contributed by atoms with E-state index in [1.54, 1.807) is 6.07 Å². The fourth-order valence-corrected chi connectivity index (χ4v) is 4.06. The van der Waals surface area contributed by atoms with Crippen LogP contribution in [0.2, 0.25) is 0 Å². The molecule has 1 saturated carbocycles. The number of carbonyl (C=O) groups is 3. The molecule has 0 radical (unpaired) electrons. The predicted octanol–water partition coefficient (Wildman–Crippen LogP) is 2.73. The van der Waals surface area contributed by atoms with Crippen molar-refractivity contribution >= 4 is 46.1 Å². The van der Waals surface area contributed by atoms with E-state index >= 15 is 0 Å². The van der Waals surface area contributed by atoms with Gasteiger partial charge < -0.3 is 10.6 Å². The monoisotopic (exact) mass is 441 g/mol. The number of para-hydroxylation sites is 1. The van der Waals surface area contributed by atoms with Gasteiger partial charge in [0, 0.05) is 3.57 Å². The topological polar surface area (TPSA) is 78.5 Å². The van der Waals surface area contributed by atoms with Crippen LogP contribution in [0, 0.1) is 9.49 Å². The van der Waals surface area contributed by atoms with Crippen LogP contribution in [0.1, 0.15) is 32.6 Å². The molecule has 1 saturated heterocycles. The van der Waals surface area contributed by atoms with Gasteiger partial charge in [0.25, 0.3) is 5.91 Å². The van der Waals surface area contributed by atoms with Gasteiger partial charge in [-0.25, -0.2) is 4.79 Å². The maximum absolute atomic E-state index is 12.8. The van der Waals surface area contributed by atoms with E-state index in [2.05, 4.69) is 33.2 Å². The Balaban J connectivity index is 1.71. The third-order valence-corrected chi connectivity index (χ3v) is 5.89. The first-order valence-electron chi connectivity index (χ1n) is 8.12. The summed E-state index contributed by atoms with van der Waals surface area (Å²) in [6.45, 7) is 1.73. The number of rotatable bonds is 3. The summed E-state index contributed by atoms with van der Waals surface area (Å²) >= 11 is 2.12. The standard InChI is InChI=1S/C17H20IN3O3/c1-11-6-4-5-9-17(11)15(23)21(16(24)20-17)10-14(22)19-13-8-3-2-7-12(13)18/h2-3,7-8,11H,4-6,9-10H2,1H3,(H,19,22)(H,20,24). The van der Waals surface area contributed by atoms with Crippen LogP contribution in [0.15, 0.2) is 24.3 Å². The summed E-state index contributed by atoms with van der Waals surface area (Å²) in [6.07, 6.45) is 3.54. The van der Waals surface area contributed by atoms with E-state index in [4.69, 9.17) is 0 Å². The van der Waals surface area contributed by atoms with Crippen LogP contribution in [0.5, 0.6) is 0 Å². The van der Waals surface area contributed by atoms with Crippen LogP contribution >= 0.6 is 22.6 Å². The predicted molar refractivity (Wildman–Crippen MR) is 98.4 cm³/mol. The Bertz CT molecular complexity index is 693. The van der Waals surface area contributed by atoms with Crippen molar-refractivity contribution in [2.45, 2.75) is 38.1 Å². The first kappa shape index (κ1) is 17.2. The number of halogens is 1.